The van der Waals surface area contributed by atoms with Crippen LogP contribution in [0.3, 0.4) is 0 Å². The Morgan fingerprint density at radius 1 is 1.64 bits per heavy atom. The van der Waals surface area contributed by atoms with Gasteiger partial charge >= 0.3 is 5.97 Å². The maximum atomic E-state index is 10.3. The van der Waals surface area contributed by atoms with Gasteiger partial charge in [0.2, 0.25) is 0 Å². The summed E-state index contributed by atoms with van der Waals surface area (Å²) in [4.78, 5) is 10.3. The molecule has 0 radical (unpaired) electrons. The maximum absolute atomic E-state index is 10.3. The van der Waals surface area contributed by atoms with E-state index < -0.39 is 5.97 Å². The average molecular weight is 217 g/mol. The molecule has 1 unspecified atom stereocenters. The molecule has 0 amide bonds. The molecule has 0 saturated heterocycles. The van der Waals surface area contributed by atoms with E-state index in [2.05, 4.69) is 18.5 Å². The molecule has 2 N–H and O–H groups in total. The van der Waals surface area contributed by atoms with Gasteiger partial charge in [0.1, 0.15) is 0 Å². The van der Waals surface area contributed by atoms with E-state index in [1.807, 2.05) is 18.7 Å². The van der Waals surface area contributed by atoms with Gasteiger partial charge in [0.15, 0.2) is 0 Å². The number of thioether (sulfide) groups is 1. The molecule has 0 aromatic carbocycles. The number of aliphatic carboxylic acids is 1. The van der Waals surface area contributed by atoms with Gasteiger partial charge in [-0.1, -0.05) is 12.5 Å². The lowest BCUT2D eigenvalue weighted by Crippen LogP contribution is -2.20. The molecule has 82 valence electrons. The first-order valence-corrected chi connectivity index (χ1v) is 5.98. The van der Waals surface area contributed by atoms with Crippen molar-refractivity contribution in [2.75, 3.05) is 19.3 Å². The van der Waals surface area contributed by atoms with Crippen molar-refractivity contribution in [2.24, 2.45) is 0 Å². The molecule has 0 aromatic heterocycles. The Bertz CT molecular complexity index is 204. The fraction of sp³-hybridized carbons (Fsp3) is 0.700. The molecule has 0 fully saturated rings. The average Bonchev–Trinajstić information content (AvgIpc) is 2.10. The lowest BCUT2D eigenvalue weighted by Gasteiger charge is -2.08. The predicted octanol–water partition coefficient (Wildman–Crippen LogP) is 1.75. The molecule has 3 nitrogen and oxygen atoms in total. The molecule has 14 heavy (non-hydrogen) atoms. The van der Waals surface area contributed by atoms with Crippen molar-refractivity contribution < 1.29 is 9.90 Å². The number of hydrogen-bond donors (Lipinski definition) is 2. The Morgan fingerprint density at radius 3 is 2.79 bits per heavy atom. The van der Waals surface area contributed by atoms with Crippen LogP contribution in [-0.4, -0.2) is 35.7 Å². The van der Waals surface area contributed by atoms with Crippen molar-refractivity contribution in [3.05, 3.63) is 11.6 Å². The van der Waals surface area contributed by atoms with E-state index in [0.717, 1.165) is 18.5 Å². The smallest absolute Gasteiger partial charge is 0.328 e. The first kappa shape index (κ1) is 13.5. The summed E-state index contributed by atoms with van der Waals surface area (Å²) in [5, 5.41) is 12.3. The Balaban J connectivity index is 3.50. The highest BCUT2D eigenvalue weighted by atomic mass is 32.2. The second kappa shape index (κ2) is 7.88. The lowest BCUT2D eigenvalue weighted by atomic mass is 10.2. The SMILES string of the molecule is CSC(C)CCNCC(C)=CC(=O)O. The summed E-state index contributed by atoms with van der Waals surface area (Å²) in [6, 6.07) is 0. The Morgan fingerprint density at radius 2 is 2.29 bits per heavy atom. The van der Waals surface area contributed by atoms with E-state index in [1.165, 1.54) is 6.08 Å². The van der Waals surface area contributed by atoms with Crippen LogP contribution in [0.5, 0.6) is 0 Å². The van der Waals surface area contributed by atoms with Gasteiger partial charge in [-0.25, -0.2) is 4.79 Å². The summed E-state index contributed by atoms with van der Waals surface area (Å²) in [5.41, 5.74) is 0.856. The van der Waals surface area contributed by atoms with E-state index in [0.29, 0.717) is 11.8 Å². The Kier molecular flexibility index (Phi) is 7.61. The van der Waals surface area contributed by atoms with Crippen molar-refractivity contribution in [2.45, 2.75) is 25.5 Å². The van der Waals surface area contributed by atoms with Crippen LogP contribution in [-0.2, 0) is 4.79 Å². The monoisotopic (exact) mass is 217 g/mol. The van der Waals surface area contributed by atoms with Crippen LogP contribution in [0.4, 0.5) is 0 Å². The summed E-state index contributed by atoms with van der Waals surface area (Å²) in [5.74, 6) is -0.873. The fourth-order valence-electron chi connectivity index (χ4n) is 0.971. The van der Waals surface area contributed by atoms with Crippen LogP contribution in [0.15, 0.2) is 11.6 Å². The van der Waals surface area contributed by atoms with Gasteiger partial charge in [-0.3, -0.25) is 0 Å². The minimum atomic E-state index is -0.873. The molecular formula is C10H19NO2S. The predicted molar refractivity (Wildman–Crippen MR) is 61.9 cm³/mol. The summed E-state index contributed by atoms with van der Waals surface area (Å²) < 4.78 is 0. The number of rotatable bonds is 7. The van der Waals surface area contributed by atoms with E-state index in [9.17, 15) is 4.79 Å². The van der Waals surface area contributed by atoms with Crippen LogP contribution in [0.25, 0.3) is 0 Å². The van der Waals surface area contributed by atoms with Gasteiger partial charge in [0.05, 0.1) is 0 Å². The molecule has 0 saturated carbocycles. The largest absolute Gasteiger partial charge is 0.478 e. The topological polar surface area (TPSA) is 49.3 Å². The first-order chi connectivity index (χ1) is 6.56. The zero-order valence-corrected chi connectivity index (χ0v) is 9.86. The summed E-state index contributed by atoms with van der Waals surface area (Å²) in [6.07, 6.45) is 4.45. The number of carboxylic acid groups (broad SMARTS) is 1. The number of carboxylic acids is 1. The van der Waals surface area contributed by atoms with Crippen molar-refractivity contribution in [3.8, 4) is 0 Å². The lowest BCUT2D eigenvalue weighted by molar-refractivity contribution is -0.131. The first-order valence-electron chi connectivity index (χ1n) is 4.70. The molecular weight excluding hydrogens is 198 g/mol. The second-order valence-corrected chi connectivity index (χ2v) is 4.62. The summed E-state index contributed by atoms with van der Waals surface area (Å²) in [7, 11) is 0. The third-order valence-corrected chi connectivity index (χ3v) is 2.94. The molecule has 0 aliphatic rings. The second-order valence-electron chi connectivity index (χ2n) is 3.34. The highest BCUT2D eigenvalue weighted by Crippen LogP contribution is 2.07. The van der Waals surface area contributed by atoms with Gasteiger partial charge in [-0.05, 0) is 26.1 Å². The van der Waals surface area contributed by atoms with E-state index in [4.69, 9.17) is 5.11 Å². The molecule has 0 rings (SSSR count). The van der Waals surface area contributed by atoms with Crippen molar-refractivity contribution in [1.82, 2.24) is 5.32 Å². The van der Waals surface area contributed by atoms with Gasteiger partial charge < -0.3 is 10.4 Å². The minimum Gasteiger partial charge on any atom is -0.478 e. The van der Waals surface area contributed by atoms with Crippen LogP contribution < -0.4 is 5.32 Å². The zero-order valence-electron chi connectivity index (χ0n) is 9.04. The summed E-state index contributed by atoms with van der Waals surface area (Å²) in [6.45, 7) is 5.60. The van der Waals surface area contributed by atoms with Crippen molar-refractivity contribution in [1.29, 1.82) is 0 Å². The zero-order chi connectivity index (χ0) is 11.0. The quantitative estimate of drug-likeness (QED) is 0.504. The third kappa shape index (κ3) is 8.13. The molecule has 0 aromatic rings. The van der Waals surface area contributed by atoms with E-state index >= 15 is 0 Å². The van der Waals surface area contributed by atoms with Crippen LogP contribution in [0, 0.1) is 0 Å². The van der Waals surface area contributed by atoms with Gasteiger partial charge in [-0.2, -0.15) is 11.8 Å². The Labute approximate surface area is 90.0 Å². The molecule has 4 heteroatoms. The fourth-order valence-corrected chi connectivity index (χ4v) is 1.32. The van der Waals surface area contributed by atoms with Crippen LogP contribution in [0.1, 0.15) is 20.3 Å². The standard InChI is InChI=1S/C10H19NO2S/c1-8(6-10(12)13)7-11-5-4-9(2)14-3/h6,9,11H,4-5,7H2,1-3H3,(H,12,13). The molecule has 0 aliphatic carbocycles. The highest BCUT2D eigenvalue weighted by molar-refractivity contribution is 7.99. The van der Waals surface area contributed by atoms with Gasteiger partial charge in [0.25, 0.3) is 0 Å². The summed E-state index contributed by atoms with van der Waals surface area (Å²) >= 11 is 1.85. The highest BCUT2D eigenvalue weighted by Gasteiger charge is 1.98. The molecule has 0 spiro atoms. The van der Waals surface area contributed by atoms with E-state index in [-0.39, 0.29) is 0 Å². The third-order valence-electron chi connectivity index (χ3n) is 1.90. The van der Waals surface area contributed by atoms with Crippen LogP contribution in [0.2, 0.25) is 0 Å². The number of nitrogens with one attached hydrogen (secondary N) is 1. The Hall–Kier alpha value is -0.480. The minimum absolute atomic E-state index is 0.659. The van der Waals surface area contributed by atoms with Crippen molar-refractivity contribution >= 4 is 17.7 Å². The molecule has 0 heterocycles. The normalized spacial score (nSPS) is 14.1. The number of carbonyl (C=O) groups is 1. The molecule has 0 bridgehead atoms. The number of hydrogen-bond acceptors (Lipinski definition) is 3. The van der Waals surface area contributed by atoms with Crippen LogP contribution >= 0.6 is 11.8 Å². The van der Waals surface area contributed by atoms with E-state index in [1.54, 1.807) is 0 Å². The molecule has 1 atom stereocenters. The molecule has 0 aliphatic heterocycles. The maximum Gasteiger partial charge on any atom is 0.328 e. The van der Waals surface area contributed by atoms with Gasteiger partial charge in [0, 0.05) is 17.9 Å². The van der Waals surface area contributed by atoms with Gasteiger partial charge in [-0.15, -0.1) is 0 Å². The van der Waals surface area contributed by atoms with Crippen molar-refractivity contribution in [3.63, 3.8) is 0 Å².